The van der Waals surface area contributed by atoms with Gasteiger partial charge in [-0.25, -0.2) is 9.48 Å². The first-order valence-electron chi connectivity index (χ1n) is 7.68. The standard InChI is InChI=1S/C15H15F3N4O4/c1-3-5-11-13(14(23)26-4-2)19-20-21(11)10-7-6-9(15(16,17)18)8-12(10)22(24)25/h6-8H,3-5H2,1-2H3. The van der Waals surface area contributed by atoms with Crippen LogP contribution < -0.4 is 0 Å². The van der Waals surface area contributed by atoms with Gasteiger partial charge < -0.3 is 4.74 Å². The lowest BCUT2D eigenvalue weighted by Gasteiger charge is -2.10. The van der Waals surface area contributed by atoms with Gasteiger partial charge in [-0.15, -0.1) is 5.10 Å². The van der Waals surface area contributed by atoms with E-state index in [1.54, 1.807) is 13.8 Å². The lowest BCUT2D eigenvalue weighted by atomic mass is 10.1. The Morgan fingerprint density at radius 2 is 2.04 bits per heavy atom. The van der Waals surface area contributed by atoms with Gasteiger partial charge in [0.2, 0.25) is 0 Å². The van der Waals surface area contributed by atoms with Crippen LogP contribution in [0.4, 0.5) is 18.9 Å². The number of ether oxygens (including phenoxy) is 1. The molecule has 140 valence electrons. The summed E-state index contributed by atoms with van der Waals surface area (Å²) >= 11 is 0. The molecule has 1 heterocycles. The number of hydrogen-bond donors (Lipinski definition) is 0. The summed E-state index contributed by atoms with van der Waals surface area (Å²) in [5.74, 6) is -0.753. The van der Waals surface area contributed by atoms with E-state index in [0.717, 1.165) is 10.7 Å². The second-order valence-electron chi connectivity index (χ2n) is 5.23. The van der Waals surface area contributed by atoms with E-state index in [-0.39, 0.29) is 30.1 Å². The molecule has 0 radical (unpaired) electrons. The summed E-state index contributed by atoms with van der Waals surface area (Å²) in [6.07, 6.45) is -3.90. The van der Waals surface area contributed by atoms with Gasteiger partial charge in [-0.05, 0) is 25.5 Å². The van der Waals surface area contributed by atoms with Crippen molar-refractivity contribution in [3.05, 3.63) is 45.3 Å². The molecule has 0 spiro atoms. The average Bonchev–Trinajstić information content (AvgIpc) is 2.97. The molecule has 0 aliphatic rings. The van der Waals surface area contributed by atoms with Crippen LogP contribution in [0.5, 0.6) is 0 Å². The molecule has 0 saturated carbocycles. The minimum absolute atomic E-state index is 0.0949. The van der Waals surface area contributed by atoms with Crippen molar-refractivity contribution in [1.82, 2.24) is 15.0 Å². The Kier molecular flexibility index (Phi) is 5.58. The SMILES string of the molecule is CCCc1c(C(=O)OCC)nnn1-c1ccc(C(F)(F)F)cc1[N+](=O)[O-]. The lowest BCUT2D eigenvalue weighted by molar-refractivity contribution is -0.384. The number of benzene rings is 1. The van der Waals surface area contributed by atoms with E-state index in [2.05, 4.69) is 10.3 Å². The molecule has 0 aliphatic carbocycles. The Labute approximate surface area is 145 Å². The fourth-order valence-corrected chi connectivity index (χ4v) is 2.34. The maximum absolute atomic E-state index is 12.8. The summed E-state index contributed by atoms with van der Waals surface area (Å²) in [5.41, 5.74) is -2.06. The highest BCUT2D eigenvalue weighted by Gasteiger charge is 2.34. The van der Waals surface area contributed by atoms with Gasteiger partial charge in [0.05, 0.1) is 22.8 Å². The number of halogens is 3. The van der Waals surface area contributed by atoms with E-state index in [1.807, 2.05) is 0 Å². The van der Waals surface area contributed by atoms with Crippen LogP contribution in [-0.4, -0.2) is 32.5 Å². The van der Waals surface area contributed by atoms with Crippen LogP contribution in [0.25, 0.3) is 5.69 Å². The minimum Gasteiger partial charge on any atom is -0.461 e. The molecule has 1 aromatic carbocycles. The predicted octanol–water partition coefficient (Wildman–Crippen LogP) is 3.32. The molecule has 11 heteroatoms. The van der Waals surface area contributed by atoms with Gasteiger partial charge in [0.25, 0.3) is 5.69 Å². The van der Waals surface area contributed by atoms with Gasteiger partial charge in [-0.1, -0.05) is 18.6 Å². The fraction of sp³-hybridized carbons (Fsp3) is 0.400. The summed E-state index contributed by atoms with van der Waals surface area (Å²) in [4.78, 5) is 22.3. The van der Waals surface area contributed by atoms with Gasteiger partial charge >= 0.3 is 12.1 Å². The highest BCUT2D eigenvalue weighted by atomic mass is 19.4. The molecule has 0 saturated heterocycles. The molecule has 0 amide bonds. The third kappa shape index (κ3) is 3.81. The largest absolute Gasteiger partial charge is 0.461 e. The number of nitro benzene ring substituents is 1. The monoisotopic (exact) mass is 372 g/mol. The average molecular weight is 372 g/mol. The number of nitro groups is 1. The van der Waals surface area contributed by atoms with Gasteiger partial charge in [0.15, 0.2) is 5.69 Å². The smallest absolute Gasteiger partial charge is 0.416 e. The maximum Gasteiger partial charge on any atom is 0.416 e. The van der Waals surface area contributed by atoms with Crippen LogP contribution >= 0.6 is 0 Å². The number of esters is 1. The van der Waals surface area contributed by atoms with Crippen molar-refractivity contribution in [3.63, 3.8) is 0 Å². The number of rotatable bonds is 6. The Balaban J connectivity index is 2.64. The molecule has 26 heavy (non-hydrogen) atoms. The van der Waals surface area contributed by atoms with E-state index in [4.69, 9.17) is 4.74 Å². The van der Waals surface area contributed by atoms with Crippen molar-refractivity contribution >= 4 is 11.7 Å². The van der Waals surface area contributed by atoms with E-state index < -0.39 is 28.3 Å². The Bertz CT molecular complexity index is 833. The number of carbonyl (C=O) groups excluding carboxylic acids is 1. The quantitative estimate of drug-likeness (QED) is 0.438. The summed E-state index contributed by atoms with van der Waals surface area (Å²) in [6.45, 7) is 3.49. The molecule has 0 N–H and O–H groups in total. The highest BCUT2D eigenvalue weighted by Crippen LogP contribution is 2.34. The summed E-state index contributed by atoms with van der Waals surface area (Å²) in [7, 11) is 0. The Morgan fingerprint density at radius 1 is 1.35 bits per heavy atom. The molecule has 8 nitrogen and oxygen atoms in total. The van der Waals surface area contributed by atoms with Crippen molar-refractivity contribution in [2.24, 2.45) is 0 Å². The zero-order valence-corrected chi connectivity index (χ0v) is 13.9. The van der Waals surface area contributed by atoms with Gasteiger partial charge in [-0.2, -0.15) is 13.2 Å². The molecular weight excluding hydrogens is 357 g/mol. The predicted molar refractivity (Wildman–Crippen MR) is 83.0 cm³/mol. The fourth-order valence-electron chi connectivity index (χ4n) is 2.34. The van der Waals surface area contributed by atoms with Gasteiger partial charge in [-0.3, -0.25) is 10.1 Å². The van der Waals surface area contributed by atoms with Gasteiger partial charge in [0, 0.05) is 6.07 Å². The van der Waals surface area contributed by atoms with Crippen LogP contribution in [0.3, 0.4) is 0 Å². The van der Waals surface area contributed by atoms with E-state index in [1.165, 1.54) is 0 Å². The van der Waals surface area contributed by atoms with Crippen LogP contribution in [0, 0.1) is 10.1 Å². The number of nitrogens with zero attached hydrogens (tertiary/aromatic N) is 4. The normalized spacial score (nSPS) is 11.4. The van der Waals surface area contributed by atoms with Crippen molar-refractivity contribution < 1.29 is 27.6 Å². The zero-order valence-electron chi connectivity index (χ0n) is 13.9. The van der Waals surface area contributed by atoms with E-state index in [0.29, 0.717) is 18.6 Å². The Morgan fingerprint density at radius 3 is 2.58 bits per heavy atom. The number of carbonyl (C=O) groups is 1. The van der Waals surface area contributed by atoms with Crippen molar-refractivity contribution in [1.29, 1.82) is 0 Å². The van der Waals surface area contributed by atoms with Crippen molar-refractivity contribution in [2.45, 2.75) is 32.9 Å². The molecule has 0 fully saturated rings. The molecule has 0 atom stereocenters. The topological polar surface area (TPSA) is 100 Å². The van der Waals surface area contributed by atoms with Gasteiger partial charge in [0.1, 0.15) is 5.69 Å². The minimum atomic E-state index is -4.73. The molecule has 0 unspecified atom stereocenters. The van der Waals surface area contributed by atoms with Crippen LogP contribution in [0.15, 0.2) is 18.2 Å². The highest BCUT2D eigenvalue weighted by molar-refractivity contribution is 5.88. The zero-order chi connectivity index (χ0) is 19.5. The maximum atomic E-state index is 12.8. The summed E-state index contributed by atoms with van der Waals surface area (Å²) < 4.78 is 44.4. The number of hydrogen-bond acceptors (Lipinski definition) is 6. The first-order chi connectivity index (χ1) is 12.2. The second-order valence-corrected chi connectivity index (χ2v) is 5.23. The molecule has 2 rings (SSSR count). The number of aromatic nitrogens is 3. The summed E-state index contributed by atoms with van der Waals surface area (Å²) in [5, 5.41) is 18.7. The van der Waals surface area contributed by atoms with Crippen molar-refractivity contribution in [2.75, 3.05) is 6.61 Å². The van der Waals surface area contributed by atoms with E-state index >= 15 is 0 Å². The van der Waals surface area contributed by atoms with Crippen LogP contribution in [-0.2, 0) is 17.3 Å². The molecule has 1 aromatic heterocycles. The first-order valence-corrected chi connectivity index (χ1v) is 7.68. The van der Waals surface area contributed by atoms with Crippen LogP contribution in [0.1, 0.15) is 42.0 Å². The molecule has 2 aromatic rings. The van der Waals surface area contributed by atoms with Crippen LogP contribution in [0.2, 0.25) is 0 Å². The molecule has 0 bridgehead atoms. The Hall–Kier alpha value is -2.98. The first kappa shape index (κ1) is 19.3. The third-order valence-electron chi connectivity index (χ3n) is 3.45. The van der Waals surface area contributed by atoms with E-state index in [9.17, 15) is 28.1 Å². The summed E-state index contributed by atoms with van der Waals surface area (Å²) in [6, 6.07) is 2.07. The third-order valence-corrected chi connectivity index (χ3v) is 3.45. The molecular formula is C15H15F3N4O4. The van der Waals surface area contributed by atoms with Crippen molar-refractivity contribution in [3.8, 4) is 5.69 Å². The molecule has 0 aliphatic heterocycles. The lowest BCUT2D eigenvalue weighted by Crippen LogP contribution is -2.12. The second kappa shape index (κ2) is 7.50. The number of alkyl halides is 3.